The molecule has 0 radical (unpaired) electrons. The van der Waals surface area contributed by atoms with Crippen LogP contribution >= 0.6 is 0 Å². The minimum absolute atomic E-state index is 0.132. The van der Waals surface area contributed by atoms with Gasteiger partial charge in [-0.2, -0.15) is 0 Å². The van der Waals surface area contributed by atoms with Crippen molar-refractivity contribution < 1.29 is 13.2 Å². The highest BCUT2D eigenvalue weighted by atomic mass is 32.2. The summed E-state index contributed by atoms with van der Waals surface area (Å²) in [5, 5.41) is 2.76. The van der Waals surface area contributed by atoms with Gasteiger partial charge in [-0.25, -0.2) is 13.1 Å². The molecule has 0 saturated carbocycles. The quantitative estimate of drug-likeness (QED) is 0.839. The fraction of sp³-hybridized carbons (Fsp3) is 0.167. The Hall–Kier alpha value is -2.44. The first-order valence-corrected chi connectivity index (χ1v) is 9.13. The number of carbonyl (C=O) groups excluding carboxylic acids is 1. The van der Waals surface area contributed by atoms with Crippen molar-refractivity contribution in [3.05, 3.63) is 59.2 Å². The lowest BCUT2D eigenvalue weighted by atomic mass is 10.0. The first-order valence-electron chi connectivity index (χ1n) is 7.64. The van der Waals surface area contributed by atoms with Crippen LogP contribution in [0.4, 0.5) is 5.69 Å². The van der Waals surface area contributed by atoms with Gasteiger partial charge >= 0.3 is 0 Å². The van der Waals surface area contributed by atoms with E-state index in [9.17, 15) is 13.2 Å². The van der Waals surface area contributed by atoms with E-state index < -0.39 is 10.0 Å². The highest BCUT2D eigenvalue weighted by molar-refractivity contribution is 7.89. The third kappa shape index (κ3) is 2.98. The molecule has 3 rings (SSSR count). The first kappa shape index (κ1) is 16.4. The maximum Gasteiger partial charge on any atom is 0.256 e. The van der Waals surface area contributed by atoms with Crippen LogP contribution in [-0.2, 0) is 21.2 Å². The predicted octanol–water partition coefficient (Wildman–Crippen LogP) is 2.65. The van der Waals surface area contributed by atoms with Gasteiger partial charge in [-0.05, 0) is 48.9 Å². The molecule has 1 amide bonds. The molecule has 0 aliphatic carbocycles. The third-order valence-corrected chi connectivity index (χ3v) is 5.46. The van der Waals surface area contributed by atoms with E-state index in [2.05, 4.69) is 17.0 Å². The SMILES string of the molecule is CCc1ccc(C=C2C(=O)Nc3ccc(S(=O)(=O)NC)cc32)cc1. The molecule has 1 aliphatic rings. The summed E-state index contributed by atoms with van der Waals surface area (Å²) in [6.07, 6.45) is 2.72. The zero-order chi connectivity index (χ0) is 17.3. The van der Waals surface area contributed by atoms with Crippen molar-refractivity contribution in [1.82, 2.24) is 4.72 Å². The number of hydrogen-bond acceptors (Lipinski definition) is 3. The number of sulfonamides is 1. The number of rotatable bonds is 4. The summed E-state index contributed by atoms with van der Waals surface area (Å²) in [6, 6.07) is 12.5. The molecular formula is C18H18N2O3S. The second kappa shape index (κ2) is 6.22. The van der Waals surface area contributed by atoms with Crippen molar-refractivity contribution in [3.8, 4) is 0 Å². The first-order chi connectivity index (χ1) is 11.4. The van der Waals surface area contributed by atoms with Crippen molar-refractivity contribution in [1.29, 1.82) is 0 Å². The Labute approximate surface area is 141 Å². The van der Waals surface area contributed by atoms with Gasteiger partial charge in [-0.1, -0.05) is 31.2 Å². The number of amides is 1. The molecule has 0 unspecified atom stereocenters. The second-order valence-corrected chi connectivity index (χ2v) is 7.41. The van der Waals surface area contributed by atoms with Crippen molar-refractivity contribution in [2.45, 2.75) is 18.2 Å². The van der Waals surface area contributed by atoms with E-state index in [1.165, 1.54) is 24.7 Å². The molecule has 2 aromatic carbocycles. The van der Waals surface area contributed by atoms with E-state index in [1.54, 1.807) is 12.1 Å². The number of anilines is 1. The number of nitrogens with one attached hydrogen (secondary N) is 2. The summed E-state index contributed by atoms with van der Waals surface area (Å²) in [4.78, 5) is 12.4. The Morgan fingerprint density at radius 3 is 2.46 bits per heavy atom. The Bertz CT molecular complexity index is 929. The molecule has 1 heterocycles. The molecule has 2 N–H and O–H groups in total. The molecule has 0 spiro atoms. The lowest BCUT2D eigenvalue weighted by Crippen LogP contribution is -2.18. The number of aryl methyl sites for hydroxylation is 1. The van der Waals surface area contributed by atoms with Crippen molar-refractivity contribution >= 4 is 33.3 Å². The van der Waals surface area contributed by atoms with Crippen molar-refractivity contribution in [2.75, 3.05) is 12.4 Å². The monoisotopic (exact) mass is 342 g/mol. The molecule has 124 valence electrons. The van der Waals surface area contributed by atoms with Gasteiger partial charge in [-0.15, -0.1) is 0 Å². The fourth-order valence-electron chi connectivity index (χ4n) is 2.61. The largest absolute Gasteiger partial charge is 0.321 e. The number of hydrogen-bond donors (Lipinski definition) is 2. The lowest BCUT2D eigenvalue weighted by molar-refractivity contribution is -0.110. The second-order valence-electron chi connectivity index (χ2n) is 5.52. The van der Waals surface area contributed by atoms with Gasteiger partial charge < -0.3 is 5.32 Å². The van der Waals surface area contributed by atoms with Crippen molar-refractivity contribution in [2.24, 2.45) is 0 Å². The van der Waals surface area contributed by atoms with Crippen LogP contribution in [0.25, 0.3) is 11.6 Å². The Kier molecular flexibility index (Phi) is 4.26. The highest BCUT2D eigenvalue weighted by Gasteiger charge is 2.26. The lowest BCUT2D eigenvalue weighted by Gasteiger charge is -2.05. The molecule has 0 bridgehead atoms. The topological polar surface area (TPSA) is 75.3 Å². The van der Waals surface area contributed by atoms with E-state index in [0.717, 1.165) is 12.0 Å². The Balaban J connectivity index is 2.06. The fourth-order valence-corrected chi connectivity index (χ4v) is 3.37. The highest BCUT2D eigenvalue weighted by Crippen LogP contribution is 2.34. The molecular weight excluding hydrogens is 324 g/mol. The van der Waals surface area contributed by atoms with Crippen LogP contribution in [-0.4, -0.2) is 21.4 Å². The summed E-state index contributed by atoms with van der Waals surface area (Å²) in [5.41, 5.74) is 3.78. The summed E-state index contributed by atoms with van der Waals surface area (Å²) in [5.74, 6) is -0.233. The van der Waals surface area contributed by atoms with Crippen LogP contribution in [0.2, 0.25) is 0 Å². The minimum atomic E-state index is -3.56. The molecule has 2 aromatic rings. The molecule has 5 nitrogen and oxygen atoms in total. The molecule has 1 aliphatic heterocycles. The standard InChI is InChI=1S/C18H18N2O3S/c1-3-12-4-6-13(7-5-12)10-16-15-11-14(24(22,23)19-2)8-9-17(15)20-18(16)21/h4-11,19H,3H2,1-2H3,(H,20,21). The molecule has 6 heteroatoms. The molecule has 0 saturated heterocycles. The van der Waals surface area contributed by atoms with Gasteiger partial charge in [0.15, 0.2) is 0 Å². The van der Waals surface area contributed by atoms with Gasteiger partial charge in [0.1, 0.15) is 0 Å². The maximum atomic E-state index is 12.2. The minimum Gasteiger partial charge on any atom is -0.321 e. The summed E-state index contributed by atoms with van der Waals surface area (Å²) in [7, 11) is -2.20. The molecule has 0 atom stereocenters. The van der Waals surface area contributed by atoms with Crippen LogP contribution in [0.5, 0.6) is 0 Å². The molecule has 24 heavy (non-hydrogen) atoms. The van der Waals surface area contributed by atoms with Gasteiger partial charge in [0.25, 0.3) is 5.91 Å². The Morgan fingerprint density at radius 1 is 1.12 bits per heavy atom. The summed E-state index contributed by atoms with van der Waals surface area (Å²) < 4.78 is 26.2. The van der Waals surface area contributed by atoms with Gasteiger partial charge in [0.05, 0.1) is 4.90 Å². The van der Waals surface area contributed by atoms with E-state index in [-0.39, 0.29) is 10.8 Å². The van der Waals surface area contributed by atoms with Crippen LogP contribution in [0.1, 0.15) is 23.6 Å². The third-order valence-electron chi connectivity index (χ3n) is 4.05. The zero-order valence-corrected chi connectivity index (χ0v) is 14.3. The van der Waals surface area contributed by atoms with Gasteiger partial charge in [-0.3, -0.25) is 4.79 Å². The predicted molar refractivity (Wildman–Crippen MR) is 95.0 cm³/mol. The number of benzene rings is 2. The summed E-state index contributed by atoms with van der Waals surface area (Å²) in [6.45, 7) is 2.08. The van der Waals surface area contributed by atoms with E-state index in [1.807, 2.05) is 24.3 Å². The number of carbonyl (C=O) groups is 1. The maximum absolute atomic E-state index is 12.2. The normalized spacial score (nSPS) is 15.4. The average Bonchev–Trinajstić information content (AvgIpc) is 2.90. The van der Waals surface area contributed by atoms with Crippen LogP contribution in [0, 0.1) is 0 Å². The van der Waals surface area contributed by atoms with E-state index >= 15 is 0 Å². The van der Waals surface area contributed by atoms with Crippen molar-refractivity contribution in [3.63, 3.8) is 0 Å². The smallest absolute Gasteiger partial charge is 0.256 e. The average molecular weight is 342 g/mol. The van der Waals surface area contributed by atoms with Gasteiger partial charge in [0, 0.05) is 16.8 Å². The van der Waals surface area contributed by atoms with E-state index in [0.29, 0.717) is 16.8 Å². The summed E-state index contributed by atoms with van der Waals surface area (Å²) >= 11 is 0. The van der Waals surface area contributed by atoms with E-state index in [4.69, 9.17) is 0 Å². The van der Waals surface area contributed by atoms with Crippen LogP contribution in [0.3, 0.4) is 0 Å². The zero-order valence-electron chi connectivity index (χ0n) is 13.5. The molecule has 0 aromatic heterocycles. The van der Waals surface area contributed by atoms with Crippen LogP contribution < -0.4 is 10.0 Å². The molecule has 0 fully saturated rings. The van der Waals surface area contributed by atoms with Gasteiger partial charge in [0.2, 0.25) is 10.0 Å². The number of fused-ring (bicyclic) bond motifs is 1. The van der Waals surface area contributed by atoms with Crippen LogP contribution in [0.15, 0.2) is 47.4 Å². The Morgan fingerprint density at radius 2 is 1.83 bits per heavy atom.